The van der Waals surface area contributed by atoms with Crippen LogP contribution in [0.5, 0.6) is 0 Å². The molecule has 0 N–H and O–H groups in total. The van der Waals surface area contributed by atoms with Crippen LogP contribution >= 0.6 is 0 Å². The van der Waals surface area contributed by atoms with Gasteiger partial charge in [-0.25, -0.2) is 4.39 Å². The van der Waals surface area contributed by atoms with Gasteiger partial charge in [0.05, 0.1) is 0 Å². The van der Waals surface area contributed by atoms with Crippen molar-refractivity contribution in [1.82, 2.24) is 0 Å². The Kier molecular flexibility index (Phi) is 5.15. The zero-order valence-electron chi connectivity index (χ0n) is 14.3. The van der Waals surface area contributed by atoms with E-state index in [4.69, 9.17) is 0 Å². The lowest BCUT2D eigenvalue weighted by Gasteiger charge is -2.26. The second kappa shape index (κ2) is 7.29. The first-order valence-corrected chi connectivity index (χ1v) is 9.02. The van der Waals surface area contributed by atoms with Crippen molar-refractivity contribution in [1.29, 1.82) is 0 Å². The van der Waals surface area contributed by atoms with E-state index in [1.165, 1.54) is 36.8 Å². The van der Waals surface area contributed by atoms with Gasteiger partial charge in [0.15, 0.2) is 0 Å². The summed E-state index contributed by atoms with van der Waals surface area (Å²) in [5.41, 5.74) is 4.60. The number of benzene rings is 2. The van der Waals surface area contributed by atoms with Gasteiger partial charge in [-0.3, -0.25) is 0 Å². The zero-order chi connectivity index (χ0) is 16.2. The Bertz CT molecular complexity index is 634. The van der Waals surface area contributed by atoms with Gasteiger partial charge in [0, 0.05) is 0 Å². The van der Waals surface area contributed by atoms with Gasteiger partial charge < -0.3 is 0 Å². The molecule has 0 heterocycles. The van der Waals surface area contributed by atoms with Crippen molar-refractivity contribution in [3.8, 4) is 0 Å². The molecule has 1 heteroatoms. The molecule has 0 amide bonds. The van der Waals surface area contributed by atoms with Crippen LogP contribution in [0.3, 0.4) is 0 Å². The minimum atomic E-state index is -0.0713. The lowest BCUT2D eigenvalue weighted by molar-refractivity contribution is 0.348. The quantitative estimate of drug-likeness (QED) is 0.624. The van der Waals surface area contributed by atoms with E-state index in [-0.39, 0.29) is 5.82 Å². The van der Waals surface area contributed by atoms with E-state index < -0.39 is 0 Å². The van der Waals surface area contributed by atoms with Crippen LogP contribution in [0, 0.1) is 11.7 Å². The Morgan fingerprint density at radius 1 is 0.913 bits per heavy atom. The summed E-state index contributed by atoms with van der Waals surface area (Å²) in [6.07, 6.45) is 6.92. The first-order chi connectivity index (χ1) is 11.2. The highest BCUT2D eigenvalue weighted by Gasteiger charge is 2.19. The molecule has 0 unspecified atom stereocenters. The summed E-state index contributed by atoms with van der Waals surface area (Å²) in [6.45, 7) is 4.35. The summed E-state index contributed by atoms with van der Waals surface area (Å²) in [4.78, 5) is 0. The zero-order valence-corrected chi connectivity index (χ0v) is 14.3. The SMILES string of the molecule is CCc1ccc(Cc2ccc(C3CCC(C)CC3)cc2)cc1F. The maximum Gasteiger partial charge on any atom is 0.126 e. The van der Waals surface area contributed by atoms with E-state index in [0.717, 1.165) is 35.8 Å². The van der Waals surface area contributed by atoms with Crippen LogP contribution in [-0.2, 0) is 12.8 Å². The molecule has 2 aromatic rings. The Hall–Kier alpha value is -1.63. The van der Waals surface area contributed by atoms with E-state index in [0.29, 0.717) is 0 Å². The fraction of sp³-hybridized carbons (Fsp3) is 0.455. The summed E-state index contributed by atoms with van der Waals surface area (Å²) >= 11 is 0. The smallest absolute Gasteiger partial charge is 0.126 e. The molecule has 0 aromatic heterocycles. The molecule has 0 atom stereocenters. The highest BCUT2D eigenvalue weighted by Crippen LogP contribution is 2.35. The molecule has 0 spiro atoms. The van der Waals surface area contributed by atoms with Crippen molar-refractivity contribution in [2.45, 2.75) is 58.3 Å². The van der Waals surface area contributed by atoms with Crippen molar-refractivity contribution in [2.75, 3.05) is 0 Å². The van der Waals surface area contributed by atoms with Crippen LogP contribution in [0.1, 0.15) is 67.7 Å². The maximum absolute atomic E-state index is 13.9. The molecule has 0 bridgehead atoms. The van der Waals surface area contributed by atoms with E-state index in [1.54, 1.807) is 6.07 Å². The van der Waals surface area contributed by atoms with Gasteiger partial charge in [0.25, 0.3) is 0 Å². The highest BCUT2D eigenvalue weighted by atomic mass is 19.1. The van der Waals surface area contributed by atoms with E-state index in [2.05, 4.69) is 37.3 Å². The lowest BCUT2D eigenvalue weighted by Crippen LogP contribution is -2.10. The topological polar surface area (TPSA) is 0 Å². The molecule has 0 nitrogen and oxygen atoms in total. The van der Waals surface area contributed by atoms with Gasteiger partial charge in [0.2, 0.25) is 0 Å². The summed E-state index contributed by atoms with van der Waals surface area (Å²) in [5.74, 6) is 1.56. The molecule has 0 radical (unpaired) electrons. The number of hydrogen-bond donors (Lipinski definition) is 0. The molecule has 0 aliphatic heterocycles. The van der Waals surface area contributed by atoms with Crippen molar-refractivity contribution >= 4 is 0 Å². The lowest BCUT2D eigenvalue weighted by atomic mass is 9.79. The fourth-order valence-corrected chi connectivity index (χ4v) is 3.72. The molecular weight excluding hydrogens is 283 g/mol. The second-order valence-electron chi connectivity index (χ2n) is 7.15. The third-order valence-electron chi connectivity index (χ3n) is 5.37. The normalized spacial score (nSPS) is 21.3. The summed E-state index contributed by atoms with van der Waals surface area (Å²) in [7, 11) is 0. The third-order valence-corrected chi connectivity index (χ3v) is 5.37. The average Bonchev–Trinajstić information content (AvgIpc) is 2.57. The van der Waals surface area contributed by atoms with Crippen LogP contribution in [0.25, 0.3) is 0 Å². The molecular formula is C22H27F. The van der Waals surface area contributed by atoms with Gasteiger partial charge >= 0.3 is 0 Å². The van der Waals surface area contributed by atoms with Crippen LogP contribution < -0.4 is 0 Å². The van der Waals surface area contributed by atoms with Gasteiger partial charge in [-0.1, -0.05) is 63.1 Å². The van der Waals surface area contributed by atoms with Crippen LogP contribution in [-0.4, -0.2) is 0 Å². The van der Waals surface area contributed by atoms with Crippen LogP contribution in [0.2, 0.25) is 0 Å². The van der Waals surface area contributed by atoms with Gasteiger partial charge in [-0.05, 0) is 65.8 Å². The summed E-state index contributed by atoms with van der Waals surface area (Å²) in [6, 6.07) is 14.7. The van der Waals surface area contributed by atoms with Crippen molar-refractivity contribution in [3.05, 3.63) is 70.5 Å². The highest BCUT2D eigenvalue weighted by molar-refractivity contribution is 5.32. The number of aryl methyl sites for hydroxylation is 1. The number of rotatable bonds is 4. The van der Waals surface area contributed by atoms with Crippen LogP contribution in [0.15, 0.2) is 42.5 Å². The first kappa shape index (κ1) is 16.2. The van der Waals surface area contributed by atoms with Gasteiger partial charge in [-0.15, -0.1) is 0 Å². The molecule has 2 aromatic carbocycles. The Balaban J connectivity index is 1.66. The van der Waals surface area contributed by atoms with Crippen molar-refractivity contribution in [3.63, 3.8) is 0 Å². The predicted octanol–water partition coefficient (Wildman–Crippen LogP) is 6.27. The first-order valence-electron chi connectivity index (χ1n) is 9.02. The number of hydrogen-bond acceptors (Lipinski definition) is 0. The van der Waals surface area contributed by atoms with Gasteiger partial charge in [-0.2, -0.15) is 0 Å². The standard InChI is InChI=1S/C22H27F/c1-3-19-11-8-18(15-22(19)23)14-17-6-12-21(13-7-17)20-9-4-16(2)5-10-20/h6-8,11-13,15-16,20H,3-5,9-10,14H2,1-2H3. The molecule has 122 valence electrons. The minimum absolute atomic E-state index is 0.0713. The number of halogens is 1. The fourth-order valence-electron chi connectivity index (χ4n) is 3.72. The predicted molar refractivity (Wildman–Crippen MR) is 95.4 cm³/mol. The van der Waals surface area contributed by atoms with E-state index >= 15 is 0 Å². The van der Waals surface area contributed by atoms with Crippen LogP contribution in [0.4, 0.5) is 4.39 Å². The van der Waals surface area contributed by atoms with Gasteiger partial charge in [0.1, 0.15) is 5.82 Å². The van der Waals surface area contributed by atoms with E-state index in [9.17, 15) is 4.39 Å². The molecule has 1 fully saturated rings. The Labute approximate surface area is 139 Å². The maximum atomic E-state index is 13.9. The molecule has 3 rings (SSSR count). The molecule has 23 heavy (non-hydrogen) atoms. The Morgan fingerprint density at radius 2 is 1.57 bits per heavy atom. The average molecular weight is 310 g/mol. The largest absolute Gasteiger partial charge is 0.207 e. The third kappa shape index (κ3) is 4.02. The van der Waals surface area contributed by atoms with Crippen molar-refractivity contribution < 1.29 is 4.39 Å². The van der Waals surface area contributed by atoms with E-state index in [1.807, 2.05) is 13.0 Å². The van der Waals surface area contributed by atoms with Crippen molar-refractivity contribution in [2.24, 2.45) is 5.92 Å². The molecule has 1 aliphatic carbocycles. The molecule has 0 saturated heterocycles. The Morgan fingerprint density at radius 3 is 2.17 bits per heavy atom. The molecule has 1 aliphatic rings. The molecule has 1 saturated carbocycles. The summed E-state index contributed by atoms with van der Waals surface area (Å²) in [5, 5.41) is 0. The second-order valence-corrected chi connectivity index (χ2v) is 7.15. The monoisotopic (exact) mass is 310 g/mol. The summed E-state index contributed by atoms with van der Waals surface area (Å²) < 4.78 is 13.9. The minimum Gasteiger partial charge on any atom is -0.207 e.